The van der Waals surface area contributed by atoms with Gasteiger partial charge in [0.1, 0.15) is 0 Å². The lowest BCUT2D eigenvalue weighted by Gasteiger charge is -2.36. The fraction of sp³-hybridized carbons (Fsp3) is 0.619. The van der Waals surface area contributed by atoms with Crippen LogP contribution in [0.15, 0.2) is 24.3 Å². The number of carbonyl (C=O) groups excluding carboxylic acids is 1. The van der Waals surface area contributed by atoms with Gasteiger partial charge in [-0.15, -0.1) is 0 Å². The maximum Gasteiger partial charge on any atom is 0.395 e. The van der Waals surface area contributed by atoms with Gasteiger partial charge in [0.2, 0.25) is 0 Å². The Balaban J connectivity index is 2.14. The van der Waals surface area contributed by atoms with Gasteiger partial charge in [-0.25, -0.2) is 0 Å². The van der Waals surface area contributed by atoms with Crippen LogP contribution in [0.5, 0.6) is 0 Å². The highest BCUT2D eigenvalue weighted by molar-refractivity contribution is 5.94. The summed E-state index contributed by atoms with van der Waals surface area (Å²) in [5, 5.41) is 9.06. The average Bonchev–Trinajstić information content (AvgIpc) is 2.67. The molecule has 27 heavy (non-hydrogen) atoms. The second-order valence-corrected chi connectivity index (χ2v) is 7.37. The van der Waals surface area contributed by atoms with Gasteiger partial charge in [-0.1, -0.05) is 25.5 Å². The van der Waals surface area contributed by atoms with Crippen molar-refractivity contribution in [3.63, 3.8) is 0 Å². The molecule has 0 aliphatic heterocycles. The van der Waals surface area contributed by atoms with Crippen LogP contribution in [0.1, 0.15) is 74.2 Å². The number of nitrogens with zero attached hydrogens (tertiary/aromatic N) is 2. The van der Waals surface area contributed by atoms with E-state index in [2.05, 4.69) is 13.0 Å². The Kier molecular flexibility index (Phi) is 7.29. The third kappa shape index (κ3) is 5.47. The standard InChI is InChI=1S/C21H27F3N2O/c1-3-4-13-26(19-11-5-16(14-25)6-12-19)20(27)18-9-7-17(8-10-18)15(2)21(22,23)24/h7-10,15-16,19H,3-6,11-13H2,1-2H3. The van der Waals surface area contributed by atoms with Crippen LogP contribution in [0.4, 0.5) is 13.2 Å². The Morgan fingerprint density at radius 1 is 1.22 bits per heavy atom. The Morgan fingerprint density at radius 3 is 2.30 bits per heavy atom. The van der Waals surface area contributed by atoms with E-state index in [-0.39, 0.29) is 23.4 Å². The summed E-state index contributed by atoms with van der Waals surface area (Å²) in [6, 6.07) is 8.20. The molecule has 1 fully saturated rings. The van der Waals surface area contributed by atoms with Crippen LogP contribution in [0.3, 0.4) is 0 Å². The Bertz CT molecular complexity index is 655. The third-order valence-corrected chi connectivity index (χ3v) is 5.48. The van der Waals surface area contributed by atoms with Gasteiger partial charge >= 0.3 is 6.18 Å². The molecule has 0 radical (unpaired) electrons. The number of nitriles is 1. The first-order valence-corrected chi connectivity index (χ1v) is 9.65. The highest BCUT2D eigenvalue weighted by atomic mass is 19.4. The molecule has 0 N–H and O–H groups in total. The molecular formula is C21H27F3N2O. The minimum absolute atomic E-state index is 0.0625. The second kappa shape index (κ2) is 9.25. The molecule has 0 bridgehead atoms. The second-order valence-electron chi connectivity index (χ2n) is 7.37. The molecule has 1 atom stereocenters. The van der Waals surface area contributed by atoms with E-state index in [4.69, 9.17) is 5.26 Å². The molecule has 0 heterocycles. The molecule has 3 nitrogen and oxygen atoms in total. The van der Waals surface area contributed by atoms with E-state index >= 15 is 0 Å². The molecular weight excluding hydrogens is 353 g/mol. The average molecular weight is 380 g/mol. The largest absolute Gasteiger partial charge is 0.395 e. The summed E-state index contributed by atoms with van der Waals surface area (Å²) in [7, 11) is 0. The monoisotopic (exact) mass is 380 g/mol. The topological polar surface area (TPSA) is 44.1 Å². The molecule has 1 aliphatic carbocycles. The number of benzene rings is 1. The highest BCUT2D eigenvalue weighted by Crippen LogP contribution is 2.34. The Morgan fingerprint density at radius 2 is 1.81 bits per heavy atom. The molecule has 1 aromatic rings. The van der Waals surface area contributed by atoms with Gasteiger partial charge in [0.25, 0.3) is 5.91 Å². The molecule has 0 aromatic heterocycles. The van der Waals surface area contributed by atoms with E-state index in [1.54, 1.807) is 0 Å². The van der Waals surface area contributed by atoms with E-state index in [0.29, 0.717) is 12.1 Å². The van der Waals surface area contributed by atoms with Crippen LogP contribution in [0, 0.1) is 17.2 Å². The van der Waals surface area contributed by atoms with E-state index in [9.17, 15) is 18.0 Å². The number of hydrogen-bond donors (Lipinski definition) is 0. The summed E-state index contributed by atoms with van der Waals surface area (Å²) in [6.45, 7) is 3.82. The molecule has 0 saturated heterocycles. The zero-order valence-corrected chi connectivity index (χ0v) is 15.9. The molecule has 1 saturated carbocycles. The zero-order chi connectivity index (χ0) is 20.0. The van der Waals surface area contributed by atoms with Crippen LogP contribution < -0.4 is 0 Å². The van der Waals surface area contributed by atoms with Gasteiger partial charge < -0.3 is 4.90 Å². The predicted molar refractivity (Wildman–Crippen MR) is 98.2 cm³/mol. The predicted octanol–water partition coefficient (Wildman–Crippen LogP) is 5.68. The fourth-order valence-corrected chi connectivity index (χ4v) is 3.56. The van der Waals surface area contributed by atoms with Crippen molar-refractivity contribution in [1.82, 2.24) is 4.90 Å². The number of alkyl halides is 3. The van der Waals surface area contributed by atoms with Crippen molar-refractivity contribution in [2.75, 3.05) is 6.54 Å². The number of halogens is 3. The van der Waals surface area contributed by atoms with E-state index < -0.39 is 12.1 Å². The van der Waals surface area contributed by atoms with Crippen molar-refractivity contribution in [2.24, 2.45) is 5.92 Å². The Labute approximate surface area is 159 Å². The van der Waals surface area contributed by atoms with Gasteiger partial charge in [0.05, 0.1) is 12.0 Å². The van der Waals surface area contributed by atoms with Crippen molar-refractivity contribution in [1.29, 1.82) is 5.26 Å². The molecule has 1 unspecified atom stereocenters. The minimum Gasteiger partial charge on any atom is -0.336 e. The maximum absolute atomic E-state index is 13.0. The molecule has 148 valence electrons. The zero-order valence-electron chi connectivity index (χ0n) is 15.9. The van der Waals surface area contributed by atoms with Crippen molar-refractivity contribution in [3.8, 4) is 6.07 Å². The van der Waals surface area contributed by atoms with E-state index in [1.807, 2.05) is 4.90 Å². The van der Waals surface area contributed by atoms with Gasteiger partial charge in [-0.05, 0) is 56.7 Å². The smallest absolute Gasteiger partial charge is 0.336 e. The number of amides is 1. The normalized spacial score (nSPS) is 21.3. The van der Waals surface area contributed by atoms with Crippen molar-refractivity contribution in [2.45, 2.75) is 70.5 Å². The van der Waals surface area contributed by atoms with Crippen LogP contribution in [0.25, 0.3) is 0 Å². The summed E-state index contributed by atoms with van der Waals surface area (Å²) < 4.78 is 38.6. The first-order chi connectivity index (χ1) is 12.8. The van der Waals surface area contributed by atoms with Crippen LogP contribution in [-0.2, 0) is 0 Å². The van der Waals surface area contributed by atoms with Crippen molar-refractivity contribution < 1.29 is 18.0 Å². The molecule has 1 aromatic carbocycles. The maximum atomic E-state index is 13.0. The lowest BCUT2D eigenvalue weighted by atomic mass is 9.86. The van der Waals surface area contributed by atoms with Crippen LogP contribution in [0.2, 0.25) is 0 Å². The summed E-state index contributed by atoms with van der Waals surface area (Å²) in [5.41, 5.74) is 0.584. The summed E-state index contributed by atoms with van der Waals surface area (Å²) in [5.74, 6) is -1.62. The first kappa shape index (κ1) is 21.3. The molecule has 0 spiro atoms. The number of carbonyl (C=O) groups is 1. The van der Waals surface area contributed by atoms with Crippen molar-refractivity contribution >= 4 is 5.91 Å². The third-order valence-electron chi connectivity index (χ3n) is 5.48. The van der Waals surface area contributed by atoms with Gasteiger partial charge in [0.15, 0.2) is 0 Å². The quantitative estimate of drug-likeness (QED) is 0.637. The van der Waals surface area contributed by atoms with Gasteiger partial charge in [0, 0.05) is 24.1 Å². The Hall–Kier alpha value is -2.03. The first-order valence-electron chi connectivity index (χ1n) is 9.65. The lowest BCUT2D eigenvalue weighted by molar-refractivity contribution is -0.146. The van der Waals surface area contributed by atoms with Crippen LogP contribution in [-0.4, -0.2) is 29.6 Å². The number of hydrogen-bond acceptors (Lipinski definition) is 2. The molecule has 2 rings (SSSR count). The summed E-state index contributed by atoms with van der Waals surface area (Å²) >= 11 is 0. The minimum atomic E-state index is -4.29. The van der Waals surface area contributed by atoms with E-state index in [1.165, 1.54) is 24.3 Å². The van der Waals surface area contributed by atoms with Gasteiger partial charge in [-0.2, -0.15) is 18.4 Å². The van der Waals surface area contributed by atoms with Crippen molar-refractivity contribution in [3.05, 3.63) is 35.4 Å². The highest BCUT2D eigenvalue weighted by Gasteiger charge is 2.37. The fourth-order valence-electron chi connectivity index (χ4n) is 3.56. The van der Waals surface area contributed by atoms with Gasteiger partial charge in [-0.3, -0.25) is 4.79 Å². The van der Waals surface area contributed by atoms with E-state index in [0.717, 1.165) is 45.4 Å². The summed E-state index contributed by atoms with van der Waals surface area (Å²) in [6.07, 6.45) is 0.733. The van der Waals surface area contributed by atoms with Crippen LogP contribution >= 0.6 is 0 Å². The molecule has 6 heteroatoms. The summed E-state index contributed by atoms with van der Waals surface area (Å²) in [4.78, 5) is 14.9. The lowest BCUT2D eigenvalue weighted by Crippen LogP contribution is -2.43. The molecule has 1 amide bonds. The number of rotatable bonds is 6. The SMILES string of the molecule is CCCCN(C(=O)c1ccc(C(C)C(F)(F)F)cc1)C1CCC(C#N)CC1. The molecule has 1 aliphatic rings. The number of unbranched alkanes of at least 4 members (excludes halogenated alkanes) is 1.